The van der Waals surface area contributed by atoms with Crippen molar-refractivity contribution < 1.29 is 0 Å². The first kappa shape index (κ1) is 25.1. The normalized spacial score (nSPS) is 14.1. The van der Waals surface area contributed by atoms with Crippen LogP contribution >= 0.6 is 0 Å². The zero-order chi connectivity index (χ0) is 26.6. The topological polar surface area (TPSA) is 0 Å². The van der Waals surface area contributed by atoms with Crippen LogP contribution in [0.3, 0.4) is 0 Å². The number of fused-ring (bicyclic) bond motifs is 2. The average Bonchev–Trinajstić information content (AvgIpc) is 2.73. The Kier molecular flexibility index (Phi) is 5.20. The molecular formula is C36H44. The summed E-state index contributed by atoms with van der Waals surface area (Å²) in [7, 11) is 0. The van der Waals surface area contributed by atoms with Gasteiger partial charge in [-0.25, -0.2) is 0 Å². The quantitative estimate of drug-likeness (QED) is 0.154. The minimum atomic E-state index is 0.0747. The Bertz CT molecular complexity index is 1510. The predicted molar refractivity (Wildman–Crippen MR) is 162 cm³/mol. The van der Waals surface area contributed by atoms with Crippen molar-refractivity contribution >= 4 is 43.1 Å². The Hall–Kier alpha value is -2.60. The van der Waals surface area contributed by atoms with Gasteiger partial charge >= 0.3 is 0 Å². The average molecular weight is 477 g/mol. The lowest BCUT2D eigenvalue weighted by molar-refractivity contribution is 0.587. The molecular weight excluding hydrogens is 432 g/mol. The maximum atomic E-state index is 2.49. The van der Waals surface area contributed by atoms with E-state index in [1.54, 1.807) is 0 Å². The highest BCUT2D eigenvalue weighted by Gasteiger charge is 2.27. The van der Waals surface area contributed by atoms with Gasteiger partial charge in [0.2, 0.25) is 0 Å². The smallest absolute Gasteiger partial charge is 0.00232 e. The molecule has 0 aliphatic carbocycles. The SMILES string of the molecule is CC(C)(C)c1cc2c(C(C)(C)C)ccc3c4cc(C(C)(C)C)cc5c(C(C)(C)C)ccc(c(c1)c23)c54. The van der Waals surface area contributed by atoms with E-state index >= 15 is 0 Å². The van der Waals surface area contributed by atoms with Gasteiger partial charge in [0.15, 0.2) is 0 Å². The highest BCUT2D eigenvalue weighted by Crippen LogP contribution is 2.47. The molecule has 0 amide bonds. The van der Waals surface area contributed by atoms with E-state index in [1.807, 2.05) is 0 Å². The fourth-order valence-electron chi connectivity index (χ4n) is 6.02. The molecule has 0 nitrogen and oxygen atoms in total. The highest BCUT2D eigenvalue weighted by molar-refractivity contribution is 6.33. The third kappa shape index (κ3) is 3.80. The molecule has 188 valence electrons. The molecule has 0 bridgehead atoms. The fraction of sp³-hybridized carbons (Fsp3) is 0.444. The van der Waals surface area contributed by atoms with E-state index in [2.05, 4.69) is 132 Å². The van der Waals surface area contributed by atoms with Gasteiger partial charge in [-0.05, 0) is 99.1 Å². The van der Waals surface area contributed by atoms with Crippen LogP contribution in [0.2, 0.25) is 0 Å². The Labute approximate surface area is 218 Å². The van der Waals surface area contributed by atoms with Crippen LogP contribution in [0.25, 0.3) is 43.1 Å². The molecule has 0 saturated carbocycles. The van der Waals surface area contributed by atoms with Crippen molar-refractivity contribution in [2.75, 3.05) is 0 Å². The molecule has 0 aliphatic rings. The first-order chi connectivity index (χ1) is 16.4. The summed E-state index contributed by atoms with van der Waals surface area (Å²) in [6, 6.07) is 19.6. The largest absolute Gasteiger partial charge is 0.0572 e. The summed E-state index contributed by atoms with van der Waals surface area (Å²) in [6.45, 7) is 28.1. The fourth-order valence-corrected chi connectivity index (χ4v) is 6.02. The molecule has 5 aromatic carbocycles. The summed E-state index contributed by atoms with van der Waals surface area (Å²) in [5.41, 5.74) is 6.01. The Morgan fingerprint density at radius 1 is 0.333 bits per heavy atom. The molecule has 0 unspecified atom stereocenters. The van der Waals surface area contributed by atoms with Crippen LogP contribution in [-0.2, 0) is 21.7 Å². The summed E-state index contributed by atoms with van der Waals surface area (Å²) in [5, 5.41) is 11.3. The second kappa shape index (κ2) is 7.47. The lowest BCUT2D eigenvalue weighted by Gasteiger charge is -2.29. The maximum Gasteiger partial charge on any atom is -0.00232 e. The van der Waals surface area contributed by atoms with E-state index in [1.165, 1.54) is 65.3 Å². The predicted octanol–water partition coefficient (Wildman–Crippen LogP) is 10.9. The molecule has 0 atom stereocenters. The molecule has 0 aromatic heterocycles. The van der Waals surface area contributed by atoms with Gasteiger partial charge in [0.1, 0.15) is 0 Å². The zero-order valence-corrected chi connectivity index (χ0v) is 24.6. The summed E-state index contributed by atoms with van der Waals surface area (Å²) >= 11 is 0. The monoisotopic (exact) mass is 476 g/mol. The van der Waals surface area contributed by atoms with Gasteiger partial charge in [0, 0.05) is 0 Å². The Morgan fingerprint density at radius 2 is 0.639 bits per heavy atom. The minimum absolute atomic E-state index is 0.0747. The van der Waals surface area contributed by atoms with Gasteiger partial charge in [-0.3, -0.25) is 0 Å². The Balaban J connectivity index is 2.14. The first-order valence-electron chi connectivity index (χ1n) is 13.6. The van der Waals surface area contributed by atoms with Crippen molar-refractivity contribution in [3.05, 3.63) is 70.8 Å². The van der Waals surface area contributed by atoms with Crippen LogP contribution in [0.5, 0.6) is 0 Å². The van der Waals surface area contributed by atoms with Crippen molar-refractivity contribution in [3.8, 4) is 0 Å². The van der Waals surface area contributed by atoms with E-state index in [0.717, 1.165) is 0 Å². The molecule has 0 N–H and O–H groups in total. The van der Waals surface area contributed by atoms with Crippen LogP contribution in [0.1, 0.15) is 105 Å². The van der Waals surface area contributed by atoms with Crippen LogP contribution in [0.4, 0.5) is 0 Å². The molecule has 0 radical (unpaired) electrons. The molecule has 5 aromatic rings. The van der Waals surface area contributed by atoms with Gasteiger partial charge in [-0.1, -0.05) is 119 Å². The summed E-state index contributed by atoms with van der Waals surface area (Å²) in [6.07, 6.45) is 0. The van der Waals surface area contributed by atoms with E-state index in [4.69, 9.17) is 0 Å². The van der Waals surface area contributed by atoms with Gasteiger partial charge in [0.25, 0.3) is 0 Å². The van der Waals surface area contributed by atoms with Crippen LogP contribution in [-0.4, -0.2) is 0 Å². The van der Waals surface area contributed by atoms with E-state index < -0.39 is 0 Å². The second-order valence-corrected chi connectivity index (χ2v) is 15.2. The van der Waals surface area contributed by atoms with Gasteiger partial charge in [-0.15, -0.1) is 0 Å². The molecule has 0 saturated heterocycles. The van der Waals surface area contributed by atoms with Crippen molar-refractivity contribution in [3.63, 3.8) is 0 Å². The number of benzene rings is 5. The lowest BCUT2D eigenvalue weighted by Crippen LogP contribution is -2.15. The Morgan fingerprint density at radius 3 is 0.917 bits per heavy atom. The van der Waals surface area contributed by atoms with E-state index in [9.17, 15) is 0 Å². The molecule has 0 fully saturated rings. The lowest BCUT2D eigenvalue weighted by atomic mass is 9.75. The number of hydrogen-bond acceptors (Lipinski definition) is 0. The van der Waals surface area contributed by atoms with Crippen molar-refractivity contribution in [1.29, 1.82) is 0 Å². The molecule has 0 aliphatic heterocycles. The van der Waals surface area contributed by atoms with Gasteiger partial charge < -0.3 is 0 Å². The van der Waals surface area contributed by atoms with E-state index in [0.29, 0.717) is 0 Å². The van der Waals surface area contributed by atoms with Gasteiger partial charge in [0.05, 0.1) is 0 Å². The van der Waals surface area contributed by atoms with Crippen molar-refractivity contribution in [1.82, 2.24) is 0 Å². The first-order valence-corrected chi connectivity index (χ1v) is 13.6. The molecule has 36 heavy (non-hydrogen) atoms. The van der Waals surface area contributed by atoms with Crippen molar-refractivity contribution in [2.45, 2.75) is 105 Å². The molecule has 5 rings (SSSR count). The zero-order valence-electron chi connectivity index (χ0n) is 24.6. The minimum Gasteiger partial charge on any atom is -0.0572 e. The third-order valence-electron chi connectivity index (χ3n) is 8.16. The van der Waals surface area contributed by atoms with Crippen LogP contribution in [0, 0.1) is 0 Å². The van der Waals surface area contributed by atoms with Crippen LogP contribution < -0.4 is 0 Å². The third-order valence-corrected chi connectivity index (χ3v) is 8.16. The van der Waals surface area contributed by atoms with E-state index in [-0.39, 0.29) is 21.7 Å². The summed E-state index contributed by atoms with van der Waals surface area (Å²) in [5.74, 6) is 0. The number of rotatable bonds is 0. The van der Waals surface area contributed by atoms with Crippen molar-refractivity contribution in [2.24, 2.45) is 0 Å². The summed E-state index contributed by atoms with van der Waals surface area (Å²) < 4.78 is 0. The second-order valence-electron chi connectivity index (χ2n) is 15.2. The summed E-state index contributed by atoms with van der Waals surface area (Å²) in [4.78, 5) is 0. The standard InChI is InChI=1S/C36H44/c1-33(2,3)21-17-25-23-13-16-30(36(10,11)12)28-20-22(34(4,5)6)18-26(32(23)28)24-14-15-29(35(7,8)9)27(19-21)31(24)25/h13-20H,1-12H3. The maximum absolute atomic E-state index is 2.49. The molecule has 0 spiro atoms. The molecule has 0 heterocycles. The van der Waals surface area contributed by atoms with Gasteiger partial charge in [-0.2, -0.15) is 0 Å². The van der Waals surface area contributed by atoms with Crippen LogP contribution in [0.15, 0.2) is 48.5 Å². The number of hydrogen-bond donors (Lipinski definition) is 0. The molecule has 0 heteroatoms. The highest BCUT2D eigenvalue weighted by atomic mass is 14.3.